The van der Waals surface area contributed by atoms with Gasteiger partial charge in [0.2, 0.25) is 5.91 Å². The fourth-order valence-corrected chi connectivity index (χ4v) is 3.89. The van der Waals surface area contributed by atoms with E-state index in [4.69, 9.17) is 0 Å². The zero-order valence-corrected chi connectivity index (χ0v) is 17.1. The highest BCUT2D eigenvalue weighted by atomic mass is 16.2. The molecule has 3 aromatic rings. The molecular weight excluding hydrogens is 382 g/mol. The van der Waals surface area contributed by atoms with Gasteiger partial charge < -0.3 is 5.32 Å². The Balaban J connectivity index is 1.48. The van der Waals surface area contributed by atoms with E-state index >= 15 is 0 Å². The van der Waals surface area contributed by atoms with E-state index in [1.807, 2.05) is 10.9 Å². The molecule has 30 heavy (non-hydrogen) atoms. The van der Waals surface area contributed by atoms with Crippen molar-refractivity contribution in [1.29, 1.82) is 0 Å². The second-order valence-electron chi connectivity index (χ2n) is 7.79. The predicted octanol–water partition coefficient (Wildman–Crippen LogP) is 1.92. The van der Waals surface area contributed by atoms with Crippen molar-refractivity contribution in [1.82, 2.24) is 24.9 Å². The van der Waals surface area contributed by atoms with Gasteiger partial charge in [0, 0.05) is 29.8 Å². The number of carbonyl (C=O) groups is 1. The molecule has 0 fully saturated rings. The van der Waals surface area contributed by atoms with Gasteiger partial charge in [0.05, 0.1) is 24.5 Å². The minimum Gasteiger partial charge on any atom is -0.349 e. The smallest absolute Gasteiger partial charge is 0.265 e. The van der Waals surface area contributed by atoms with Crippen LogP contribution in [-0.4, -0.2) is 25.5 Å². The highest BCUT2D eigenvalue weighted by molar-refractivity contribution is 5.76. The Morgan fingerprint density at radius 3 is 2.83 bits per heavy atom. The number of nitrogens with zero attached hydrogens (tertiary/aromatic N) is 3. The Labute approximate surface area is 173 Å². The third kappa shape index (κ3) is 3.98. The lowest BCUT2D eigenvalue weighted by atomic mass is 9.92. The molecule has 1 aliphatic rings. The number of carbonyl (C=O) groups excluding carboxylic acids is 1. The van der Waals surface area contributed by atoms with Crippen molar-refractivity contribution in [2.24, 2.45) is 0 Å². The third-order valence-corrected chi connectivity index (χ3v) is 5.70. The van der Waals surface area contributed by atoms with Crippen molar-refractivity contribution in [3.63, 3.8) is 0 Å². The molecular formula is C22H25N5O3. The SMILES string of the molecule is Cc1ccc(-n2ncc3c2CCCC3NC(=O)CCn2[nH]c(=O)ccc2=O)cc1C. The standard InChI is InChI=1S/C22H25N5O3/c1-14-6-7-16(12-15(14)2)27-19-5-3-4-18(17(19)13-23-27)24-20(28)10-11-26-22(30)9-8-21(29)25-26/h6-9,12-13,18H,3-5,10-11H2,1-2H3,(H,24,28)(H,25,29). The van der Waals surface area contributed by atoms with Crippen molar-refractivity contribution < 1.29 is 4.79 Å². The number of H-pyrrole nitrogens is 1. The van der Waals surface area contributed by atoms with Crippen molar-refractivity contribution in [3.05, 3.63) is 79.6 Å². The van der Waals surface area contributed by atoms with Crippen molar-refractivity contribution in [3.8, 4) is 5.69 Å². The van der Waals surface area contributed by atoms with Gasteiger partial charge in [-0.05, 0) is 56.4 Å². The van der Waals surface area contributed by atoms with Crippen LogP contribution in [0.2, 0.25) is 0 Å². The lowest BCUT2D eigenvalue weighted by Gasteiger charge is -2.24. The van der Waals surface area contributed by atoms with Gasteiger partial charge in [0.25, 0.3) is 11.1 Å². The summed E-state index contributed by atoms with van der Waals surface area (Å²) in [7, 11) is 0. The molecule has 1 atom stereocenters. The molecule has 2 aromatic heterocycles. The van der Waals surface area contributed by atoms with Crippen molar-refractivity contribution in [2.45, 2.75) is 52.1 Å². The van der Waals surface area contributed by atoms with E-state index in [1.165, 1.54) is 23.3 Å². The van der Waals surface area contributed by atoms with Crippen LogP contribution >= 0.6 is 0 Å². The van der Waals surface area contributed by atoms with Crippen molar-refractivity contribution in [2.75, 3.05) is 0 Å². The van der Waals surface area contributed by atoms with Gasteiger partial charge in [-0.1, -0.05) is 6.07 Å². The fourth-order valence-electron chi connectivity index (χ4n) is 3.89. The van der Waals surface area contributed by atoms with Crippen LogP contribution in [0, 0.1) is 13.8 Å². The van der Waals surface area contributed by atoms with Gasteiger partial charge in [-0.3, -0.25) is 19.5 Å². The summed E-state index contributed by atoms with van der Waals surface area (Å²) in [6, 6.07) is 8.56. The molecule has 1 amide bonds. The molecule has 0 radical (unpaired) electrons. The van der Waals surface area contributed by atoms with Crippen molar-refractivity contribution >= 4 is 5.91 Å². The first-order chi connectivity index (χ1) is 14.4. The number of nitrogens with one attached hydrogen (secondary N) is 2. The van der Waals surface area contributed by atoms with Gasteiger partial charge in [0.15, 0.2) is 0 Å². The maximum Gasteiger partial charge on any atom is 0.265 e. The first-order valence-corrected chi connectivity index (χ1v) is 10.2. The summed E-state index contributed by atoms with van der Waals surface area (Å²) < 4.78 is 3.13. The largest absolute Gasteiger partial charge is 0.349 e. The molecule has 4 rings (SSSR count). The second-order valence-corrected chi connectivity index (χ2v) is 7.79. The average Bonchev–Trinajstić information content (AvgIpc) is 3.16. The van der Waals surface area contributed by atoms with Gasteiger partial charge in [0.1, 0.15) is 0 Å². The highest BCUT2D eigenvalue weighted by Gasteiger charge is 2.26. The van der Waals surface area contributed by atoms with Gasteiger partial charge >= 0.3 is 0 Å². The number of hydrogen-bond acceptors (Lipinski definition) is 4. The number of aromatic amines is 1. The Bertz CT molecular complexity index is 1200. The fraction of sp³-hybridized carbons (Fsp3) is 0.364. The number of hydrogen-bond donors (Lipinski definition) is 2. The molecule has 1 aliphatic carbocycles. The summed E-state index contributed by atoms with van der Waals surface area (Å²) in [4.78, 5) is 35.6. The number of benzene rings is 1. The Morgan fingerprint density at radius 2 is 2.03 bits per heavy atom. The summed E-state index contributed by atoms with van der Waals surface area (Å²) in [6.07, 6.45) is 4.67. The van der Waals surface area contributed by atoms with Gasteiger partial charge in [-0.25, -0.2) is 9.36 Å². The molecule has 8 nitrogen and oxygen atoms in total. The minimum absolute atomic E-state index is 0.104. The Kier molecular flexibility index (Phi) is 5.39. The molecule has 156 valence electrons. The summed E-state index contributed by atoms with van der Waals surface area (Å²) in [5.41, 5.74) is 4.94. The van der Waals surface area contributed by atoms with E-state index in [9.17, 15) is 14.4 Å². The zero-order chi connectivity index (χ0) is 21.3. The summed E-state index contributed by atoms with van der Waals surface area (Å²) in [6.45, 7) is 4.30. The van der Waals surface area contributed by atoms with Crippen LogP contribution in [0.4, 0.5) is 0 Å². The van der Waals surface area contributed by atoms with Crippen LogP contribution in [0.5, 0.6) is 0 Å². The molecule has 0 saturated heterocycles. The van der Waals surface area contributed by atoms with Crippen LogP contribution in [0.3, 0.4) is 0 Å². The molecule has 1 unspecified atom stereocenters. The van der Waals surface area contributed by atoms with Crippen LogP contribution in [-0.2, 0) is 17.8 Å². The molecule has 2 N–H and O–H groups in total. The number of aromatic nitrogens is 4. The third-order valence-electron chi connectivity index (χ3n) is 5.70. The summed E-state index contributed by atoms with van der Waals surface area (Å²) in [5.74, 6) is -0.164. The first kappa shape index (κ1) is 19.9. The van der Waals surface area contributed by atoms with E-state index in [0.717, 1.165) is 40.9 Å². The minimum atomic E-state index is -0.370. The van der Waals surface area contributed by atoms with E-state index in [0.29, 0.717) is 0 Å². The topological polar surface area (TPSA) is 102 Å². The quantitative estimate of drug-likeness (QED) is 0.675. The van der Waals surface area contributed by atoms with E-state index in [1.54, 1.807) is 0 Å². The number of rotatable bonds is 5. The van der Waals surface area contributed by atoms with Crippen LogP contribution < -0.4 is 16.4 Å². The van der Waals surface area contributed by atoms with Gasteiger partial charge in [-0.2, -0.15) is 5.10 Å². The first-order valence-electron chi connectivity index (χ1n) is 10.2. The Hall–Kier alpha value is -3.42. The van der Waals surface area contributed by atoms with E-state index in [-0.39, 0.29) is 36.0 Å². The van der Waals surface area contributed by atoms with Crippen LogP contribution in [0.15, 0.2) is 46.1 Å². The molecule has 1 aromatic carbocycles. The molecule has 0 bridgehead atoms. The van der Waals surface area contributed by atoms with E-state index in [2.05, 4.69) is 47.6 Å². The average molecular weight is 407 g/mol. The summed E-state index contributed by atoms with van der Waals surface area (Å²) >= 11 is 0. The molecule has 8 heteroatoms. The number of fused-ring (bicyclic) bond motifs is 1. The molecule has 0 saturated carbocycles. The van der Waals surface area contributed by atoms with Crippen LogP contribution in [0.25, 0.3) is 5.69 Å². The maximum atomic E-state index is 12.5. The van der Waals surface area contributed by atoms with Crippen LogP contribution in [0.1, 0.15) is 47.7 Å². The van der Waals surface area contributed by atoms with Gasteiger partial charge in [-0.15, -0.1) is 0 Å². The summed E-state index contributed by atoms with van der Waals surface area (Å²) in [5, 5.41) is 10.1. The molecule has 2 heterocycles. The lowest BCUT2D eigenvalue weighted by Crippen LogP contribution is -2.34. The number of amides is 1. The zero-order valence-electron chi connectivity index (χ0n) is 17.1. The van der Waals surface area contributed by atoms with E-state index < -0.39 is 0 Å². The normalized spacial score (nSPS) is 15.6. The second kappa shape index (κ2) is 8.14. The maximum absolute atomic E-state index is 12.5. The molecule has 0 spiro atoms. The predicted molar refractivity (Wildman–Crippen MR) is 113 cm³/mol. The Morgan fingerprint density at radius 1 is 1.20 bits per heavy atom. The lowest BCUT2D eigenvalue weighted by molar-refractivity contribution is -0.122. The highest BCUT2D eigenvalue weighted by Crippen LogP contribution is 2.31. The number of aryl methyl sites for hydroxylation is 3. The molecule has 0 aliphatic heterocycles. The monoisotopic (exact) mass is 407 g/mol.